The van der Waals surface area contributed by atoms with Gasteiger partial charge in [-0.3, -0.25) is 0 Å². The van der Waals surface area contributed by atoms with Gasteiger partial charge in [-0.2, -0.15) is 0 Å². The molecule has 0 aliphatic heterocycles. The van der Waals surface area contributed by atoms with Gasteiger partial charge in [0, 0.05) is 16.1 Å². The largest absolute Gasteiger partial charge is 0.496 e. The Morgan fingerprint density at radius 1 is 1.16 bits per heavy atom. The number of methoxy groups -OCH3 is 1. The highest BCUT2D eigenvalue weighted by molar-refractivity contribution is 6.30. The number of para-hydroxylation sites is 1. The van der Waals surface area contributed by atoms with Crippen molar-refractivity contribution in [1.29, 1.82) is 0 Å². The number of halogens is 1. The first-order valence-electron chi connectivity index (χ1n) is 5.75. The molecule has 0 atom stereocenters. The van der Waals surface area contributed by atoms with E-state index in [9.17, 15) is 0 Å². The molecule has 0 saturated carbocycles. The van der Waals surface area contributed by atoms with Gasteiger partial charge < -0.3 is 9.57 Å². The van der Waals surface area contributed by atoms with Crippen LogP contribution in [-0.2, 0) is 11.4 Å². The molecule has 2 rings (SSSR count). The van der Waals surface area contributed by atoms with E-state index in [-0.39, 0.29) is 0 Å². The summed E-state index contributed by atoms with van der Waals surface area (Å²) in [6.45, 7) is 0.331. The number of hydrogen-bond donors (Lipinski definition) is 0. The fourth-order valence-electron chi connectivity index (χ4n) is 1.57. The Morgan fingerprint density at radius 3 is 2.79 bits per heavy atom. The van der Waals surface area contributed by atoms with Crippen molar-refractivity contribution in [3.63, 3.8) is 0 Å². The zero-order chi connectivity index (χ0) is 13.5. The molecule has 1 radical (unpaired) electrons. The minimum absolute atomic E-state index is 0.331. The molecule has 0 N–H and O–H groups in total. The molecule has 0 bridgehead atoms. The van der Waals surface area contributed by atoms with E-state index in [1.54, 1.807) is 19.2 Å². The van der Waals surface area contributed by atoms with Gasteiger partial charge in [-0.1, -0.05) is 47.1 Å². The highest BCUT2D eigenvalue weighted by Crippen LogP contribution is 2.18. The summed E-state index contributed by atoms with van der Waals surface area (Å²) in [6, 6.07) is 14.9. The minimum atomic E-state index is 0.331. The summed E-state index contributed by atoms with van der Waals surface area (Å²) in [7, 11) is 1.63. The third kappa shape index (κ3) is 4.00. The zero-order valence-corrected chi connectivity index (χ0v) is 11.2. The van der Waals surface area contributed by atoms with E-state index in [1.165, 1.54) is 0 Å². The molecule has 0 amide bonds. The average Bonchev–Trinajstić information content (AvgIpc) is 2.44. The number of nitrogens with zero attached hydrogens (tertiary/aromatic N) is 1. The van der Waals surface area contributed by atoms with Gasteiger partial charge in [-0.25, -0.2) is 0 Å². The van der Waals surface area contributed by atoms with E-state index in [2.05, 4.69) is 11.4 Å². The van der Waals surface area contributed by atoms with E-state index < -0.39 is 0 Å². The lowest BCUT2D eigenvalue weighted by atomic mass is 10.2. The van der Waals surface area contributed by atoms with Crippen LogP contribution in [0.15, 0.2) is 53.7 Å². The molecular weight excluding hydrogens is 262 g/mol. The molecule has 0 saturated heterocycles. The van der Waals surface area contributed by atoms with Crippen LogP contribution in [0.5, 0.6) is 5.75 Å². The molecule has 0 aliphatic carbocycles. The van der Waals surface area contributed by atoms with Crippen molar-refractivity contribution in [2.45, 2.75) is 6.61 Å². The summed E-state index contributed by atoms with van der Waals surface area (Å²) >= 11 is 5.85. The summed E-state index contributed by atoms with van der Waals surface area (Å²) in [5, 5.41) is 4.43. The van der Waals surface area contributed by atoms with Crippen molar-refractivity contribution in [2.75, 3.05) is 7.11 Å². The highest BCUT2D eigenvalue weighted by atomic mass is 35.5. The van der Waals surface area contributed by atoms with Crippen LogP contribution in [0.2, 0.25) is 5.02 Å². The molecule has 0 aromatic heterocycles. The fourth-order valence-corrected chi connectivity index (χ4v) is 1.76. The van der Waals surface area contributed by atoms with Gasteiger partial charge in [0.05, 0.1) is 7.11 Å². The van der Waals surface area contributed by atoms with Crippen molar-refractivity contribution in [1.82, 2.24) is 0 Å². The molecule has 19 heavy (non-hydrogen) atoms. The number of benzene rings is 2. The van der Waals surface area contributed by atoms with Gasteiger partial charge in [0.1, 0.15) is 18.6 Å². The Kier molecular flexibility index (Phi) is 4.81. The van der Waals surface area contributed by atoms with E-state index in [1.807, 2.05) is 36.4 Å². The Hall–Kier alpha value is -2.00. The van der Waals surface area contributed by atoms with Crippen LogP contribution in [0.25, 0.3) is 0 Å². The molecule has 2 aromatic carbocycles. The summed E-state index contributed by atoms with van der Waals surface area (Å²) < 4.78 is 5.22. The molecule has 2 aromatic rings. The molecule has 97 valence electrons. The first kappa shape index (κ1) is 13.4. The maximum Gasteiger partial charge on any atom is 0.145 e. The summed E-state index contributed by atoms with van der Waals surface area (Å²) in [5.74, 6) is 0.778. The van der Waals surface area contributed by atoms with Gasteiger partial charge in [-0.05, 0) is 18.2 Å². The van der Waals surface area contributed by atoms with Crippen LogP contribution in [-0.4, -0.2) is 13.3 Å². The Bertz CT molecular complexity index is 570. The van der Waals surface area contributed by atoms with Gasteiger partial charge in [-0.15, -0.1) is 0 Å². The lowest BCUT2D eigenvalue weighted by molar-refractivity contribution is 0.130. The van der Waals surface area contributed by atoms with Crippen molar-refractivity contribution in [3.8, 4) is 5.75 Å². The molecular formula is C15H13ClNO2. The smallest absolute Gasteiger partial charge is 0.145 e. The van der Waals surface area contributed by atoms with Gasteiger partial charge in [0.25, 0.3) is 0 Å². The second-order valence-corrected chi connectivity index (χ2v) is 4.24. The van der Waals surface area contributed by atoms with Crippen molar-refractivity contribution in [3.05, 3.63) is 64.7 Å². The summed E-state index contributed by atoms with van der Waals surface area (Å²) in [4.78, 5) is 5.20. The van der Waals surface area contributed by atoms with E-state index in [4.69, 9.17) is 21.2 Å². The lowest BCUT2D eigenvalue weighted by Gasteiger charge is -2.06. The minimum Gasteiger partial charge on any atom is -0.496 e. The van der Waals surface area contributed by atoms with Crippen LogP contribution in [0, 0.1) is 0 Å². The van der Waals surface area contributed by atoms with Gasteiger partial charge in [0.2, 0.25) is 0 Å². The SMILES string of the molecule is COc1ccccc1CO/N=[C]\c1cccc(Cl)c1. The normalized spacial score (nSPS) is 10.6. The number of ether oxygens (including phenoxy) is 1. The standard InChI is InChI=1S/C15H13ClNO2/c1-18-15-8-3-2-6-13(15)11-19-17-10-12-5-4-7-14(16)9-12/h2-9H,11H2,1H3. The second kappa shape index (κ2) is 6.81. The highest BCUT2D eigenvalue weighted by Gasteiger charge is 2.00. The zero-order valence-electron chi connectivity index (χ0n) is 10.5. The molecule has 0 aliphatic rings. The van der Waals surface area contributed by atoms with Gasteiger partial charge in [0.15, 0.2) is 0 Å². The Balaban J connectivity index is 1.93. The van der Waals surface area contributed by atoms with Crippen LogP contribution < -0.4 is 4.74 Å². The average molecular weight is 275 g/mol. The summed E-state index contributed by atoms with van der Waals surface area (Å²) in [5.41, 5.74) is 1.70. The number of hydrogen-bond acceptors (Lipinski definition) is 3. The molecule has 0 fully saturated rings. The maximum atomic E-state index is 5.85. The molecule has 0 spiro atoms. The predicted octanol–water partition coefficient (Wildman–Crippen LogP) is 3.78. The van der Waals surface area contributed by atoms with Crippen LogP contribution >= 0.6 is 11.6 Å². The van der Waals surface area contributed by atoms with Crippen LogP contribution in [0.4, 0.5) is 0 Å². The van der Waals surface area contributed by atoms with Crippen molar-refractivity contribution < 1.29 is 9.57 Å². The third-order valence-corrected chi connectivity index (χ3v) is 2.71. The quantitative estimate of drug-likeness (QED) is 0.614. The molecule has 4 heteroatoms. The Labute approximate surface area is 117 Å². The first-order valence-corrected chi connectivity index (χ1v) is 6.13. The van der Waals surface area contributed by atoms with E-state index >= 15 is 0 Å². The summed E-state index contributed by atoms with van der Waals surface area (Å²) in [6.07, 6.45) is 2.77. The second-order valence-electron chi connectivity index (χ2n) is 3.80. The van der Waals surface area contributed by atoms with E-state index in [0.717, 1.165) is 16.9 Å². The van der Waals surface area contributed by atoms with Crippen LogP contribution in [0.1, 0.15) is 11.1 Å². The first-order chi connectivity index (χ1) is 9.29. The van der Waals surface area contributed by atoms with Crippen molar-refractivity contribution >= 4 is 17.8 Å². The van der Waals surface area contributed by atoms with Crippen molar-refractivity contribution in [2.24, 2.45) is 5.16 Å². The fraction of sp³-hybridized carbons (Fsp3) is 0.133. The topological polar surface area (TPSA) is 30.8 Å². The monoisotopic (exact) mass is 274 g/mol. The van der Waals surface area contributed by atoms with Gasteiger partial charge >= 0.3 is 0 Å². The maximum absolute atomic E-state index is 5.85. The number of rotatable bonds is 5. The molecule has 3 nitrogen and oxygen atoms in total. The predicted molar refractivity (Wildman–Crippen MR) is 75.8 cm³/mol. The molecule has 0 heterocycles. The van der Waals surface area contributed by atoms with E-state index in [0.29, 0.717) is 11.6 Å². The van der Waals surface area contributed by atoms with Crippen LogP contribution in [0.3, 0.4) is 0 Å². The third-order valence-electron chi connectivity index (χ3n) is 2.48. The molecule has 0 unspecified atom stereocenters. The Morgan fingerprint density at radius 2 is 2.00 bits per heavy atom. The lowest BCUT2D eigenvalue weighted by Crippen LogP contribution is -1.93.